The Hall–Kier alpha value is -3.84. The van der Waals surface area contributed by atoms with Gasteiger partial charge < -0.3 is 9.51 Å². The lowest BCUT2D eigenvalue weighted by Gasteiger charge is -2.37. The highest BCUT2D eigenvalue weighted by atomic mass is 19.1. The molecule has 39 heavy (non-hydrogen) atoms. The van der Waals surface area contributed by atoms with Gasteiger partial charge in [-0.15, -0.1) is 0 Å². The fraction of sp³-hybridized carbons (Fsp3) is 0.344. The van der Waals surface area contributed by atoms with E-state index in [-0.39, 0.29) is 12.6 Å². The van der Waals surface area contributed by atoms with Gasteiger partial charge in [0.2, 0.25) is 0 Å². The summed E-state index contributed by atoms with van der Waals surface area (Å²) in [4.78, 5) is 23.1. The molecule has 0 amide bonds. The summed E-state index contributed by atoms with van der Waals surface area (Å²) in [5.41, 5.74) is 10.00. The van der Waals surface area contributed by atoms with Crippen LogP contribution in [0, 0.1) is 12.8 Å². The van der Waals surface area contributed by atoms with E-state index < -0.39 is 5.97 Å². The molecular weight excluding hydrogens is 491 g/mol. The average molecular weight is 527 g/mol. The lowest BCUT2D eigenvalue weighted by atomic mass is 9.87. The minimum absolute atomic E-state index is 0.155. The zero-order chi connectivity index (χ0) is 27.5. The van der Waals surface area contributed by atoms with Crippen LogP contribution in [0.4, 0.5) is 4.39 Å². The Morgan fingerprint density at radius 3 is 2.67 bits per heavy atom. The van der Waals surface area contributed by atoms with Crippen LogP contribution in [0.2, 0.25) is 0 Å². The third kappa shape index (κ3) is 5.36. The van der Waals surface area contributed by atoms with Crippen molar-refractivity contribution in [3.63, 3.8) is 0 Å². The topological polar surface area (TPSA) is 70.7 Å². The van der Waals surface area contributed by atoms with Crippen LogP contribution in [-0.2, 0) is 13.0 Å². The van der Waals surface area contributed by atoms with Crippen LogP contribution in [0.25, 0.3) is 16.8 Å². The van der Waals surface area contributed by atoms with E-state index in [1.807, 2.05) is 55.2 Å². The zero-order valence-electron chi connectivity index (χ0n) is 22.8. The summed E-state index contributed by atoms with van der Waals surface area (Å²) in [5.74, 6) is -0.753. The highest BCUT2D eigenvalue weighted by Gasteiger charge is 2.27. The maximum Gasteiger partial charge on any atom is 0.335 e. The quantitative estimate of drug-likeness (QED) is 0.312. The number of likely N-dealkylation sites (tertiary alicyclic amines) is 1. The summed E-state index contributed by atoms with van der Waals surface area (Å²) in [6.07, 6.45) is 10.5. The van der Waals surface area contributed by atoms with Crippen molar-refractivity contribution in [2.75, 3.05) is 19.8 Å². The summed E-state index contributed by atoms with van der Waals surface area (Å²) in [7, 11) is 0. The minimum atomic E-state index is -0.908. The van der Waals surface area contributed by atoms with Gasteiger partial charge in [0.15, 0.2) is 0 Å². The molecule has 3 aromatic heterocycles. The number of imidazole rings is 1. The number of carboxylic acid groups (broad SMARTS) is 1. The molecule has 1 saturated heterocycles. The second kappa shape index (κ2) is 11.5. The number of carboxylic acids is 1. The fourth-order valence-corrected chi connectivity index (χ4v) is 5.73. The number of allylic oxidation sites excluding steroid dienone is 1. The number of rotatable bonds is 6. The van der Waals surface area contributed by atoms with Gasteiger partial charge in [-0.05, 0) is 95.5 Å². The van der Waals surface area contributed by atoms with Crippen LogP contribution in [0.3, 0.4) is 0 Å². The highest BCUT2D eigenvalue weighted by molar-refractivity contribution is 6.01. The summed E-state index contributed by atoms with van der Waals surface area (Å²) >= 11 is 0. The number of benzene rings is 1. The molecule has 6 nitrogen and oxygen atoms in total. The fourth-order valence-electron chi connectivity index (χ4n) is 5.73. The van der Waals surface area contributed by atoms with Crippen molar-refractivity contribution in [3.05, 3.63) is 100 Å². The van der Waals surface area contributed by atoms with Gasteiger partial charge >= 0.3 is 5.97 Å². The maximum atomic E-state index is 12.8. The largest absolute Gasteiger partial charge is 0.478 e. The Morgan fingerprint density at radius 1 is 1.10 bits per heavy atom. The first-order valence-corrected chi connectivity index (χ1v) is 13.8. The Labute approximate surface area is 228 Å². The smallest absolute Gasteiger partial charge is 0.335 e. The molecule has 0 spiro atoms. The predicted octanol–water partition coefficient (Wildman–Crippen LogP) is 6.46. The van der Waals surface area contributed by atoms with Gasteiger partial charge in [0.1, 0.15) is 5.65 Å². The van der Waals surface area contributed by atoms with Crippen LogP contribution >= 0.6 is 0 Å². The van der Waals surface area contributed by atoms with E-state index in [0.717, 1.165) is 78.1 Å². The second-order valence-electron chi connectivity index (χ2n) is 10.2. The van der Waals surface area contributed by atoms with E-state index in [1.54, 1.807) is 6.07 Å². The number of aryl methyl sites for hydroxylation is 2. The van der Waals surface area contributed by atoms with Gasteiger partial charge in [0.05, 0.1) is 17.9 Å². The van der Waals surface area contributed by atoms with E-state index in [9.17, 15) is 14.3 Å². The van der Waals surface area contributed by atoms with E-state index >= 15 is 0 Å². The molecule has 0 unspecified atom stereocenters. The van der Waals surface area contributed by atoms with E-state index in [1.165, 1.54) is 11.1 Å². The average Bonchev–Trinajstić information content (AvgIpc) is 3.23. The summed E-state index contributed by atoms with van der Waals surface area (Å²) < 4.78 is 14.9. The standard InChI is InChI=1S/C30H29FN4O2.C2H6/c1-19-14-32-9-7-25(19)27-4-2-3-21-11-23(30(36)37)5-6-26(21)29(27)22-8-10-35-18-24(33-28(35)12-22)17-34-15-20(13-31)16-34;1-2/h5-12,14,18,20H,2-4,13,15-17H2,1H3,(H,36,37);1-2H3. The van der Waals surface area contributed by atoms with Crippen molar-refractivity contribution in [1.82, 2.24) is 19.3 Å². The van der Waals surface area contributed by atoms with Crippen molar-refractivity contribution in [3.8, 4) is 0 Å². The maximum absolute atomic E-state index is 12.8. The van der Waals surface area contributed by atoms with Crippen LogP contribution in [0.15, 0.2) is 61.2 Å². The van der Waals surface area contributed by atoms with Gasteiger partial charge in [-0.3, -0.25) is 14.3 Å². The number of hydrogen-bond donors (Lipinski definition) is 1. The molecule has 0 atom stereocenters. The molecule has 2 aliphatic rings. The molecule has 1 aliphatic heterocycles. The first kappa shape index (κ1) is 26.8. The molecule has 4 aromatic rings. The Bertz CT molecular complexity index is 1530. The number of fused-ring (bicyclic) bond motifs is 2. The monoisotopic (exact) mass is 526 g/mol. The van der Waals surface area contributed by atoms with Gasteiger partial charge in [0, 0.05) is 50.3 Å². The lowest BCUT2D eigenvalue weighted by molar-refractivity contribution is 0.0696. The van der Waals surface area contributed by atoms with E-state index in [0.29, 0.717) is 5.56 Å². The van der Waals surface area contributed by atoms with Gasteiger partial charge in [-0.1, -0.05) is 19.9 Å². The number of alkyl halides is 1. The van der Waals surface area contributed by atoms with Crippen LogP contribution in [-0.4, -0.2) is 50.1 Å². The SMILES string of the molecule is CC.Cc1cnccc1C1=C(c2ccn3cc(CN4CC(CF)C4)nc3c2)c2ccc(C(=O)O)cc2CCC1. The number of nitrogens with zero attached hydrogens (tertiary/aromatic N) is 4. The summed E-state index contributed by atoms with van der Waals surface area (Å²) in [6.45, 7) is 8.12. The third-order valence-corrected chi connectivity index (χ3v) is 7.58. The van der Waals surface area contributed by atoms with Gasteiger partial charge in [-0.2, -0.15) is 0 Å². The Morgan fingerprint density at radius 2 is 1.92 bits per heavy atom. The van der Waals surface area contributed by atoms with Crippen molar-refractivity contribution >= 4 is 22.8 Å². The molecule has 4 heterocycles. The van der Waals surface area contributed by atoms with Gasteiger partial charge in [-0.25, -0.2) is 9.78 Å². The molecule has 7 heteroatoms. The number of aromatic carboxylic acids is 1. The van der Waals surface area contributed by atoms with Crippen molar-refractivity contribution in [2.24, 2.45) is 5.92 Å². The second-order valence-corrected chi connectivity index (χ2v) is 10.2. The third-order valence-electron chi connectivity index (χ3n) is 7.58. The van der Waals surface area contributed by atoms with E-state index in [4.69, 9.17) is 4.98 Å². The number of hydrogen-bond acceptors (Lipinski definition) is 4. The highest BCUT2D eigenvalue weighted by Crippen LogP contribution is 2.41. The van der Waals surface area contributed by atoms with E-state index in [2.05, 4.69) is 35.0 Å². The van der Waals surface area contributed by atoms with Gasteiger partial charge in [0.25, 0.3) is 0 Å². The normalized spacial score (nSPS) is 15.8. The minimum Gasteiger partial charge on any atom is -0.478 e. The molecule has 1 fully saturated rings. The lowest BCUT2D eigenvalue weighted by Crippen LogP contribution is -2.46. The van der Waals surface area contributed by atoms with Crippen LogP contribution in [0.5, 0.6) is 0 Å². The molecule has 0 saturated carbocycles. The van der Waals surface area contributed by atoms with Crippen molar-refractivity contribution in [1.29, 1.82) is 0 Å². The zero-order valence-corrected chi connectivity index (χ0v) is 22.8. The first-order chi connectivity index (χ1) is 19.0. The molecule has 6 rings (SSSR count). The molecule has 202 valence electrons. The molecular formula is C32H35FN4O2. The first-order valence-electron chi connectivity index (χ1n) is 13.8. The summed E-state index contributed by atoms with van der Waals surface area (Å²) in [6, 6.07) is 11.8. The summed E-state index contributed by atoms with van der Waals surface area (Å²) in [5, 5.41) is 9.59. The number of carbonyl (C=O) groups is 1. The number of halogens is 1. The Balaban J connectivity index is 0.00000151. The molecule has 1 aliphatic carbocycles. The molecule has 1 N–H and O–H groups in total. The molecule has 0 radical (unpaired) electrons. The number of pyridine rings is 2. The van der Waals surface area contributed by atoms with Crippen LogP contribution in [0.1, 0.15) is 70.6 Å². The number of aromatic nitrogens is 3. The molecule has 1 aromatic carbocycles. The van der Waals surface area contributed by atoms with Crippen molar-refractivity contribution in [2.45, 2.75) is 46.6 Å². The van der Waals surface area contributed by atoms with Crippen molar-refractivity contribution < 1.29 is 14.3 Å². The predicted molar refractivity (Wildman–Crippen MR) is 153 cm³/mol. The van der Waals surface area contributed by atoms with Crippen LogP contribution < -0.4 is 0 Å². The Kier molecular flexibility index (Phi) is 7.89. The molecule has 0 bridgehead atoms.